The summed E-state index contributed by atoms with van der Waals surface area (Å²) in [6.45, 7) is 1.07. The van der Waals surface area contributed by atoms with E-state index in [4.69, 9.17) is 11.6 Å². The number of aryl methyl sites for hydroxylation is 1. The topological polar surface area (TPSA) is 66.5 Å². The van der Waals surface area contributed by atoms with E-state index in [0.717, 1.165) is 17.7 Å². The van der Waals surface area contributed by atoms with E-state index in [1.54, 1.807) is 43.3 Å². The van der Waals surface area contributed by atoms with E-state index in [9.17, 15) is 26.4 Å². The van der Waals surface area contributed by atoms with Crippen molar-refractivity contribution >= 4 is 33.2 Å². The van der Waals surface area contributed by atoms with Gasteiger partial charge in [-0.25, -0.2) is 8.42 Å². The standard InChI is InChI=1S/C23H20ClF3N2O3S/c1-16-9-11-20(12-10-16)33(31,32)29(19-7-4-6-18(13-19)23(25,26)27)15-22(30)28-14-17-5-2-3-8-21(17)24/h2-13H,14-15H2,1H3,(H,28,30). The van der Waals surface area contributed by atoms with Crippen LogP contribution in [0.5, 0.6) is 0 Å². The summed E-state index contributed by atoms with van der Waals surface area (Å²) in [7, 11) is -4.34. The molecule has 0 saturated heterocycles. The number of amides is 1. The van der Waals surface area contributed by atoms with E-state index in [2.05, 4.69) is 5.32 Å². The summed E-state index contributed by atoms with van der Waals surface area (Å²) in [5.41, 5.74) is 0.107. The van der Waals surface area contributed by atoms with Crippen LogP contribution in [-0.2, 0) is 27.5 Å². The van der Waals surface area contributed by atoms with Gasteiger partial charge < -0.3 is 5.32 Å². The SMILES string of the molecule is Cc1ccc(S(=O)(=O)N(CC(=O)NCc2ccccc2Cl)c2cccc(C(F)(F)F)c2)cc1. The van der Waals surface area contributed by atoms with E-state index in [1.165, 1.54) is 18.2 Å². The molecule has 0 atom stereocenters. The highest BCUT2D eigenvalue weighted by Crippen LogP contribution is 2.33. The van der Waals surface area contributed by atoms with Gasteiger partial charge in [-0.3, -0.25) is 9.10 Å². The largest absolute Gasteiger partial charge is 0.416 e. The molecule has 0 radical (unpaired) electrons. The van der Waals surface area contributed by atoms with E-state index >= 15 is 0 Å². The number of nitrogens with zero attached hydrogens (tertiary/aromatic N) is 1. The second-order valence-electron chi connectivity index (χ2n) is 7.24. The Morgan fingerprint density at radius 2 is 1.67 bits per heavy atom. The molecule has 1 amide bonds. The molecule has 0 aliphatic heterocycles. The van der Waals surface area contributed by atoms with Gasteiger partial charge in [-0.1, -0.05) is 53.6 Å². The molecule has 0 aliphatic rings. The number of anilines is 1. The van der Waals surface area contributed by atoms with Crippen molar-refractivity contribution < 1.29 is 26.4 Å². The fourth-order valence-electron chi connectivity index (χ4n) is 3.01. The van der Waals surface area contributed by atoms with Crippen LogP contribution in [0.1, 0.15) is 16.7 Å². The first-order chi connectivity index (χ1) is 15.5. The van der Waals surface area contributed by atoms with Crippen LogP contribution >= 0.6 is 11.6 Å². The number of sulfonamides is 1. The minimum atomic E-state index is -4.68. The van der Waals surface area contributed by atoms with Crippen molar-refractivity contribution in [2.45, 2.75) is 24.5 Å². The lowest BCUT2D eigenvalue weighted by molar-refractivity contribution is -0.137. The third-order valence-corrected chi connectivity index (χ3v) is 6.95. The van der Waals surface area contributed by atoms with Gasteiger partial charge in [0.2, 0.25) is 5.91 Å². The third-order valence-electron chi connectivity index (χ3n) is 4.79. The average Bonchev–Trinajstić information content (AvgIpc) is 2.76. The van der Waals surface area contributed by atoms with Crippen molar-refractivity contribution in [3.8, 4) is 0 Å². The van der Waals surface area contributed by atoms with Crippen LogP contribution in [0, 0.1) is 6.92 Å². The molecule has 0 aliphatic carbocycles. The zero-order valence-corrected chi connectivity index (χ0v) is 19.0. The number of carbonyl (C=O) groups is 1. The van der Waals surface area contributed by atoms with Crippen molar-refractivity contribution in [2.24, 2.45) is 0 Å². The first-order valence-electron chi connectivity index (χ1n) is 9.75. The van der Waals surface area contributed by atoms with Crippen LogP contribution in [0.15, 0.2) is 77.7 Å². The van der Waals surface area contributed by atoms with Gasteiger partial charge in [0.25, 0.3) is 10.0 Å². The minimum absolute atomic E-state index is 0.0273. The van der Waals surface area contributed by atoms with Crippen LogP contribution in [0.2, 0.25) is 5.02 Å². The Labute approximate surface area is 194 Å². The predicted octanol–water partition coefficient (Wildman–Crippen LogP) is 5.18. The molecular formula is C23H20ClF3N2O3S. The maximum atomic E-state index is 13.3. The Morgan fingerprint density at radius 1 is 1.00 bits per heavy atom. The fourth-order valence-corrected chi connectivity index (χ4v) is 4.63. The molecule has 0 unspecified atom stereocenters. The van der Waals surface area contributed by atoms with Gasteiger partial charge in [0, 0.05) is 11.6 Å². The molecule has 33 heavy (non-hydrogen) atoms. The van der Waals surface area contributed by atoms with E-state index < -0.39 is 34.2 Å². The van der Waals surface area contributed by atoms with Gasteiger partial charge in [0.05, 0.1) is 16.1 Å². The van der Waals surface area contributed by atoms with Gasteiger partial charge in [-0.05, 0) is 48.9 Å². The monoisotopic (exact) mass is 496 g/mol. The number of benzene rings is 3. The smallest absolute Gasteiger partial charge is 0.350 e. The maximum absolute atomic E-state index is 13.3. The Bertz CT molecular complexity index is 1250. The van der Waals surface area contributed by atoms with Gasteiger partial charge in [0.15, 0.2) is 0 Å². The molecule has 5 nitrogen and oxygen atoms in total. The summed E-state index contributed by atoms with van der Waals surface area (Å²) in [4.78, 5) is 12.5. The minimum Gasteiger partial charge on any atom is -0.350 e. The van der Waals surface area contributed by atoms with Crippen molar-refractivity contribution in [3.63, 3.8) is 0 Å². The average molecular weight is 497 g/mol. The Hall–Kier alpha value is -3.04. The number of nitrogens with one attached hydrogen (secondary N) is 1. The molecule has 1 N–H and O–H groups in total. The van der Waals surface area contributed by atoms with Crippen LogP contribution in [0.3, 0.4) is 0 Å². The number of hydrogen-bond donors (Lipinski definition) is 1. The molecule has 0 bridgehead atoms. The van der Waals surface area contributed by atoms with Crippen LogP contribution in [-0.4, -0.2) is 20.9 Å². The Morgan fingerprint density at radius 3 is 2.30 bits per heavy atom. The highest BCUT2D eigenvalue weighted by Gasteiger charge is 2.33. The number of hydrogen-bond acceptors (Lipinski definition) is 3. The Kier molecular flexibility index (Phi) is 7.34. The number of carbonyl (C=O) groups excluding carboxylic acids is 1. The van der Waals surface area contributed by atoms with Crippen LogP contribution < -0.4 is 9.62 Å². The fraction of sp³-hybridized carbons (Fsp3) is 0.174. The van der Waals surface area contributed by atoms with Crippen molar-refractivity contribution in [3.05, 3.63) is 94.5 Å². The lowest BCUT2D eigenvalue weighted by Crippen LogP contribution is -2.40. The van der Waals surface area contributed by atoms with Crippen molar-refractivity contribution in [1.29, 1.82) is 0 Å². The van der Waals surface area contributed by atoms with Gasteiger partial charge >= 0.3 is 6.18 Å². The summed E-state index contributed by atoms with van der Waals surface area (Å²) in [5.74, 6) is -0.706. The molecular weight excluding hydrogens is 477 g/mol. The summed E-state index contributed by atoms with van der Waals surface area (Å²) < 4.78 is 67.0. The van der Waals surface area contributed by atoms with E-state index in [-0.39, 0.29) is 17.1 Å². The number of rotatable bonds is 7. The lowest BCUT2D eigenvalue weighted by atomic mass is 10.2. The predicted molar refractivity (Wildman–Crippen MR) is 120 cm³/mol. The summed E-state index contributed by atoms with van der Waals surface area (Å²) in [5, 5.41) is 2.98. The molecule has 0 aromatic heterocycles. The van der Waals surface area contributed by atoms with Crippen molar-refractivity contribution in [2.75, 3.05) is 10.8 Å². The van der Waals surface area contributed by atoms with Crippen LogP contribution in [0.4, 0.5) is 18.9 Å². The van der Waals surface area contributed by atoms with Crippen LogP contribution in [0.25, 0.3) is 0 Å². The molecule has 3 rings (SSSR count). The highest BCUT2D eigenvalue weighted by molar-refractivity contribution is 7.92. The van der Waals surface area contributed by atoms with Gasteiger partial charge in [-0.15, -0.1) is 0 Å². The normalized spacial score (nSPS) is 11.8. The zero-order valence-electron chi connectivity index (χ0n) is 17.4. The first-order valence-corrected chi connectivity index (χ1v) is 11.6. The molecule has 0 spiro atoms. The first kappa shape index (κ1) is 24.6. The second-order valence-corrected chi connectivity index (χ2v) is 9.51. The molecule has 10 heteroatoms. The van der Waals surface area contributed by atoms with E-state index in [1.807, 2.05) is 0 Å². The summed E-state index contributed by atoms with van der Waals surface area (Å²) in [6, 6.07) is 16.4. The third kappa shape index (κ3) is 6.06. The Balaban J connectivity index is 1.94. The molecule has 0 heterocycles. The molecule has 3 aromatic carbocycles. The quantitative estimate of drug-likeness (QED) is 0.490. The van der Waals surface area contributed by atoms with Crippen molar-refractivity contribution in [1.82, 2.24) is 5.32 Å². The molecule has 0 fully saturated rings. The number of alkyl halides is 3. The lowest BCUT2D eigenvalue weighted by Gasteiger charge is -2.25. The molecule has 174 valence electrons. The summed E-state index contributed by atoms with van der Waals surface area (Å²) in [6.07, 6.45) is -4.68. The second kappa shape index (κ2) is 9.84. The molecule has 3 aromatic rings. The van der Waals surface area contributed by atoms with Gasteiger partial charge in [-0.2, -0.15) is 13.2 Å². The van der Waals surface area contributed by atoms with E-state index in [0.29, 0.717) is 21.0 Å². The molecule has 0 saturated carbocycles. The number of halogens is 4. The zero-order chi connectivity index (χ0) is 24.2. The maximum Gasteiger partial charge on any atom is 0.416 e. The summed E-state index contributed by atoms with van der Waals surface area (Å²) >= 11 is 6.07. The van der Waals surface area contributed by atoms with Gasteiger partial charge in [0.1, 0.15) is 6.54 Å². The highest BCUT2D eigenvalue weighted by atomic mass is 35.5.